The van der Waals surface area contributed by atoms with E-state index in [9.17, 15) is 0 Å². The topological polar surface area (TPSA) is 47.6 Å². The van der Waals surface area contributed by atoms with Crippen LogP contribution in [0.1, 0.15) is 16.7 Å². The van der Waals surface area contributed by atoms with Crippen LogP contribution in [0.5, 0.6) is 5.75 Å². The van der Waals surface area contributed by atoms with Crippen molar-refractivity contribution in [1.29, 1.82) is 0 Å². The smallest absolute Gasteiger partial charge is 0.119 e. The van der Waals surface area contributed by atoms with Gasteiger partial charge in [0.05, 0.1) is 5.69 Å². The van der Waals surface area contributed by atoms with Crippen molar-refractivity contribution >= 4 is 11.9 Å². The standard InChI is InChI=1S/C17H20N2O/c1-13-3-6-16(11-14(13)2)19-12-15-4-7-17(8-5-15)20-10-9-18/h3-8,11-12H,9-10,18H2,1-2H3. The third kappa shape index (κ3) is 3.93. The molecule has 0 aliphatic carbocycles. The van der Waals surface area contributed by atoms with Gasteiger partial charge in [0.2, 0.25) is 0 Å². The van der Waals surface area contributed by atoms with E-state index < -0.39 is 0 Å². The first-order chi connectivity index (χ1) is 9.69. The van der Waals surface area contributed by atoms with Crippen molar-refractivity contribution in [2.45, 2.75) is 13.8 Å². The first-order valence-electron chi connectivity index (χ1n) is 6.73. The lowest BCUT2D eigenvalue weighted by atomic mass is 10.1. The van der Waals surface area contributed by atoms with Gasteiger partial charge in [-0.2, -0.15) is 0 Å². The molecule has 0 saturated carbocycles. The van der Waals surface area contributed by atoms with E-state index in [2.05, 4.69) is 31.0 Å². The Morgan fingerprint density at radius 3 is 2.45 bits per heavy atom. The van der Waals surface area contributed by atoms with Crippen molar-refractivity contribution in [3.8, 4) is 5.75 Å². The number of aliphatic imine (C=N–C) groups is 1. The summed E-state index contributed by atoms with van der Waals surface area (Å²) >= 11 is 0. The molecule has 0 atom stereocenters. The lowest BCUT2D eigenvalue weighted by Crippen LogP contribution is -2.10. The highest BCUT2D eigenvalue weighted by Gasteiger charge is 1.95. The maximum Gasteiger partial charge on any atom is 0.119 e. The van der Waals surface area contributed by atoms with Crippen LogP contribution in [0, 0.1) is 13.8 Å². The molecular formula is C17H20N2O. The average molecular weight is 268 g/mol. The fourth-order valence-corrected chi connectivity index (χ4v) is 1.78. The van der Waals surface area contributed by atoms with E-state index in [0.717, 1.165) is 17.0 Å². The van der Waals surface area contributed by atoms with Crippen LogP contribution in [-0.2, 0) is 0 Å². The van der Waals surface area contributed by atoms with Crippen LogP contribution in [0.4, 0.5) is 5.69 Å². The van der Waals surface area contributed by atoms with E-state index in [4.69, 9.17) is 10.5 Å². The third-order valence-corrected chi connectivity index (χ3v) is 3.12. The number of nitrogens with two attached hydrogens (primary N) is 1. The number of ether oxygens (including phenoxy) is 1. The predicted octanol–water partition coefficient (Wildman–Crippen LogP) is 3.39. The molecule has 0 fully saturated rings. The van der Waals surface area contributed by atoms with E-state index in [1.807, 2.05) is 36.5 Å². The highest BCUT2D eigenvalue weighted by atomic mass is 16.5. The minimum Gasteiger partial charge on any atom is -0.492 e. The van der Waals surface area contributed by atoms with Gasteiger partial charge in [0, 0.05) is 12.8 Å². The summed E-state index contributed by atoms with van der Waals surface area (Å²) < 4.78 is 5.43. The Hall–Kier alpha value is -2.13. The minimum absolute atomic E-state index is 0.524. The van der Waals surface area contributed by atoms with Crippen molar-refractivity contribution in [3.05, 3.63) is 59.2 Å². The zero-order valence-electron chi connectivity index (χ0n) is 12.0. The number of aryl methyl sites for hydroxylation is 2. The molecule has 104 valence electrons. The molecule has 2 aromatic rings. The van der Waals surface area contributed by atoms with E-state index in [1.165, 1.54) is 11.1 Å². The van der Waals surface area contributed by atoms with E-state index >= 15 is 0 Å². The molecule has 2 N–H and O–H groups in total. The molecule has 0 spiro atoms. The monoisotopic (exact) mass is 268 g/mol. The Morgan fingerprint density at radius 1 is 1.05 bits per heavy atom. The molecule has 20 heavy (non-hydrogen) atoms. The van der Waals surface area contributed by atoms with Crippen LogP contribution in [0.15, 0.2) is 47.5 Å². The third-order valence-electron chi connectivity index (χ3n) is 3.12. The number of hydrogen-bond acceptors (Lipinski definition) is 3. The Morgan fingerprint density at radius 2 is 1.80 bits per heavy atom. The van der Waals surface area contributed by atoms with Gasteiger partial charge in [0.25, 0.3) is 0 Å². The van der Waals surface area contributed by atoms with Gasteiger partial charge in [-0.05, 0) is 66.9 Å². The molecule has 2 rings (SSSR count). The quantitative estimate of drug-likeness (QED) is 0.845. The fraction of sp³-hybridized carbons (Fsp3) is 0.235. The Bertz CT molecular complexity index is 588. The fourth-order valence-electron chi connectivity index (χ4n) is 1.78. The summed E-state index contributed by atoms with van der Waals surface area (Å²) in [4.78, 5) is 4.48. The largest absolute Gasteiger partial charge is 0.492 e. The van der Waals surface area contributed by atoms with Crippen molar-refractivity contribution in [3.63, 3.8) is 0 Å². The summed E-state index contributed by atoms with van der Waals surface area (Å²) in [6.45, 7) is 5.26. The Balaban J connectivity index is 2.05. The second kappa shape index (κ2) is 6.87. The summed E-state index contributed by atoms with van der Waals surface area (Å²) in [6, 6.07) is 14.0. The SMILES string of the molecule is Cc1ccc(N=Cc2ccc(OCCN)cc2)cc1C. The molecular weight excluding hydrogens is 248 g/mol. The van der Waals surface area contributed by atoms with Gasteiger partial charge < -0.3 is 10.5 Å². The van der Waals surface area contributed by atoms with Crippen molar-refractivity contribution in [2.24, 2.45) is 10.7 Å². The number of benzene rings is 2. The van der Waals surface area contributed by atoms with Crippen molar-refractivity contribution < 1.29 is 4.74 Å². The van der Waals surface area contributed by atoms with Gasteiger partial charge >= 0.3 is 0 Å². The van der Waals surface area contributed by atoms with E-state index in [1.54, 1.807) is 0 Å². The maximum absolute atomic E-state index is 5.43. The van der Waals surface area contributed by atoms with Crippen LogP contribution in [0.2, 0.25) is 0 Å². The highest BCUT2D eigenvalue weighted by Crippen LogP contribution is 2.17. The Labute approximate surface area is 120 Å². The molecule has 0 aromatic heterocycles. The summed E-state index contributed by atoms with van der Waals surface area (Å²) in [7, 11) is 0. The van der Waals surface area contributed by atoms with Gasteiger partial charge in [0.1, 0.15) is 12.4 Å². The molecule has 0 aliphatic rings. The van der Waals surface area contributed by atoms with Gasteiger partial charge in [0.15, 0.2) is 0 Å². The zero-order valence-corrected chi connectivity index (χ0v) is 12.0. The molecule has 0 heterocycles. The number of hydrogen-bond donors (Lipinski definition) is 1. The van der Waals surface area contributed by atoms with Crippen LogP contribution in [0.3, 0.4) is 0 Å². The number of nitrogens with zero attached hydrogens (tertiary/aromatic N) is 1. The van der Waals surface area contributed by atoms with Gasteiger partial charge in [-0.1, -0.05) is 6.07 Å². The van der Waals surface area contributed by atoms with Gasteiger partial charge in [-0.15, -0.1) is 0 Å². The van der Waals surface area contributed by atoms with Crippen LogP contribution in [0.25, 0.3) is 0 Å². The summed E-state index contributed by atoms with van der Waals surface area (Å²) in [5, 5.41) is 0. The second-order valence-electron chi connectivity index (χ2n) is 4.73. The molecule has 0 bridgehead atoms. The van der Waals surface area contributed by atoms with E-state index in [-0.39, 0.29) is 0 Å². The molecule has 0 amide bonds. The van der Waals surface area contributed by atoms with Crippen LogP contribution < -0.4 is 10.5 Å². The van der Waals surface area contributed by atoms with E-state index in [0.29, 0.717) is 13.2 Å². The zero-order chi connectivity index (χ0) is 14.4. The van der Waals surface area contributed by atoms with Crippen LogP contribution >= 0.6 is 0 Å². The minimum atomic E-state index is 0.524. The lowest BCUT2D eigenvalue weighted by molar-refractivity contribution is 0.328. The molecule has 0 aliphatic heterocycles. The summed E-state index contributed by atoms with van der Waals surface area (Å²) in [5.74, 6) is 0.832. The van der Waals surface area contributed by atoms with Crippen LogP contribution in [-0.4, -0.2) is 19.4 Å². The normalized spacial score (nSPS) is 10.9. The predicted molar refractivity (Wildman–Crippen MR) is 84.2 cm³/mol. The van der Waals surface area contributed by atoms with Gasteiger partial charge in [-0.3, -0.25) is 4.99 Å². The molecule has 3 heteroatoms. The first kappa shape index (κ1) is 14.3. The maximum atomic E-state index is 5.43. The lowest BCUT2D eigenvalue weighted by Gasteiger charge is -2.04. The number of rotatable bonds is 5. The summed E-state index contributed by atoms with van der Waals surface area (Å²) in [6.07, 6.45) is 1.86. The summed E-state index contributed by atoms with van der Waals surface area (Å²) in [5.41, 5.74) is 9.95. The molecule has 3 nitrogen and oxygen atoms in total. The molecule has 0 saturated heterocycles. The molecule has 0 unspecified atom stereocenters. The highest BCUT2D eigenvalue weighted by molar-refractivity contribution is 5.82. The van der Waals surface area contributed by atoms with Crippen molar-refractivity contribution in [2.75, 3.05) is 13.2 Å². The van der Waals surface area contributed by atoms with Crippen molar-refractivity contribution in [1.82, 2.24) is 0 Å². The first-order valence-corrected chi connectivity index (χ1v) is 6.73. The molecule has 0 radical (unpaired) electrons. The molecule has 2 aromatic carbocycles. The van der Waals surface area contributed by atoms with Gasteiger partial charge in [-0.25, -0.2) is 0 Å². The Kier molecular flexibility index (Phi) is 4.91. The second-order valence-corrected chi connectivity index (χ2v) is 4.73. The average Bonchev–Trinajstić information content (AvgIpc) is 2.47.